The molecule has 4 saturated carbocycles. The van der Waals surface area contributed by atoms with Crippen LogP contribution >= 0.6 is 0 Å². The molecule has 18 nitrogen and oxygen atoms in total. The minimum absolute atomic E-state index is 0.0518. The number of nitrogens with one attached hydrogen (secondary N) is 3. The first kappa shape index (κ1) is 43.0. The number of amides is 2. The van der Waals surface area contributed by atoms with Gasteiger partial charge in [-0.2, -0.15) is 0 Å². The highest BCUT2D eigenvalue weighted by Crippen LogP contribution is 2.68. The third-order valence-corrected chi connectivity index (χ3v) is 14.6. The van der Waals surface area contributed by atoms with Gasteiger partial charge in [0.25, 0.3) is 0 Å². The van der Waals surface area contributed by atoms with Crippen molar-refractivity contribution in [1.82, 2.24) is 20.9 Å². The van der Waals surface area contributed by atoms with Gasteiger partial charge in [0.2, 0.25) is 17.3 Å². The van der Waals surface area contributed by atoms with Crippen LogP contribution in [0.15, 0.2) is 21.9 Å². The fraction of sp³-hybridized carbons (Fsp3) is 0.775. The quantitative estimate of drug-likeness (QED) is 0.0283. The Bertz CT molecular complexity index is 1840. The molecule has 58 heavy (non-hydrogen) atoms. The van der Waals surface area contributed by atoms with Crippen molar-refractivity contribution in [3.63, 3.8) is 0 Å². The minimum atomic E-state index is -1.16. The molecule has 0 saturated heterocycles. The van der Waals surface area contributed by atoms with Crippen LogP contribution in [0.2, 0.25) is 0 Å². The van der Waals surface area contributed by atoms with E-state index in [1.807, 2.05) is 0 Å². The Labute approximate surface area is 338 Å². The molecule has 4 aliphatic carbocycles. The van der Waals surface area contributed by atoms with Gasteiger partial charge in [-0.3, -0.25) is 24.5 Å². The number of nitrogens with zero attached hydrogens (tertiary/aromatic N) is 6. The summed E-state index contributed by atoms with van der Waals surface area (Å²) in [6, 6.07) is 1.40. The third-order valence-electron chi connectivity index (χ3n) is 14.6. The van der Waals surface area contributed by atoms with Crippen molar-refractivity contribution in [2.75, 3.05) is 44.8 Å². The van der Waals surface area contributed by atoms with Crippen molar-refractivity contribution in [2.45, 2.75) is 110 Å². The van der Waals surface area contributed by atoms with E-state index in [0.29, 0.717) is 81.4 Å². The Morgan fingerprint density at radius 3 is 2.53 bits per heavy atom. The summed E-state index contributed by atoms with van der Waals surface area (Å²) in [4.78, 5) is 51.7. The molecule has 0 bridgehead atoms. The first-order chi connectivity index (χ1) is 27.9. The zero-order valence-electron chi connectivity index (χ0n) is 33.9. The summed E-state index contributed by atoms with van der Waals surface area (Å²) in [6.45, 7) is 9.72. The number of azide groups is 1. The fourth-order valence-electron chi connectivity index (χ4n) is 11.7. The number of carboxylic acids is 1. The van der Waals surface area contributed by atoms with Crippen LogP contribution in [0.4, 0.5) is 11.4 Å². The number of aliphatic carboxylic acids is 1. The summed E-state index contributed by atoms with van der Waals surface area (Å²) in [6.07, 6.45) is 10.7. The van der Waals surface area contributed by atoms with E-state index in [-0.39, 0.29) is 45.2 Å². The topological polar surface area (TPSA) is 257 Å². The van der Waals surface area contributed by atoms with Gasteiger partial charge in [-0.25, -0.2) is 4.63 Å². The highest BCUT2D eigenvalue weighted by molar-refractivity contribution is 5.96. The summed E-state index contributed by atoms with van der Waals surface area (Å²) in [5, 5.41) is 41.0. The van der Waals surface area contributed by atoms with Gasteiger partial charge in [-0.15, -0.1) is 0 Å². The molecule has 2 aromatic rings. The van der Waals surface area contributed by atoms with Gasteiger partial charge in [0.05, 0.1) is 43.5 Å². The molecule has 0 radical (unpaired) electrons. The fourth-order valence-corrected chi connectivity index (χ4v) is 11.7. The molecular weight excluding hydrogens is 750 g/mol. The average molecular weight is 810 g/mol. The summed E-state index contributed by atoms with van der Waals surface area (Å²) in [5.41, 5.74) is 8.62. The molecule has 1 aromatic heterocycles. The van der Waals surface area contributed by atoms with E-state index < -0.39 is 29.3 Å². The minimum Gasteiger partial charge on any atom is -0.481 e. The zero-order valence-corrected chi connectivity index (χ0v) is 33.9. The lowest BCUT2D eigenvalue weighted by Gasteiger charge is -2.61. The number of hydrogen-bond acceptors (Lipinski definition) is 12. The third kappa shape index (κ3) is 9.50. The molecule has 1 aromatic carbocycles. The number of anilines is 1. The highest BCUT2D eigenvalue weighted by atomic mass is 16.6. The number of nitro groups is 1. The number of carbonyl (C=O) groups excluding carboxylic acids is 2. The average Bonchev–Trinajstić information content (AvgIpc) is 3.83. The normalized spacial score (nSPS) is 29.8. The van der Waals surface area contributed by atoms with E-state index in [4.69, 9.17) is 19.6 Å². The lowest BCUT2D eigenvalue weighted by atomic mass is 9.44. The number of benzene rings is 1. The molecule has 1 heterocycles. The second kappa shape index (κ2) is 19.0. The standard InChI is InChI=1S/C40H59N9O9/c1-24(4-11-34(50)42-16-18-56-20-21-57-19-17-43-48-41)28-7-8-29-27-6-5-25-22-26(12-14-39(25,2)30(27)13-15-40(28,29)3)44-38(53)32(23-35(51)52)45-31-9-10-33(49(54)55)37-36(31)46-58-47-37/h9-10,24-30,32,45H,4-8,11-23H2,1-3H3,(H,42,50)(H,44,53)(H,51,52)/t24?,25-,26-,27?,28?,29?,30?,32?,39+,40-/m1/s1. The first-order valence-corrected chi connectivity index (χ1v) is 21.0. The molecule has 0 aliphatic heterocycles. The highest BCUT2D eigenvalue weighted by Gasteiger charge is 2.60. The molecule has 18 heteroatoms. The van der Waals surface area contributed by atoms with E-state index in [2.05, 4.69) is 57.1 Å². The largest absolute Gasteiger partial charge is 0.481 e. The predicted molar refractivity (Wildman–Crippen MR) is 212 cm³/mol. The second-order valence-electron chi connectivity index (χ2n) is 17.6. The van der Waals surface area contributed by atoms with E-state index in [0.717, 1.165) is 32.1 Å². The maximum Gasteiger partial charge on any atom is 0.305 e. The molecule has 318 valence electrons. The van der Waals surface area contributed by atoms with Crippen molar-refractivity contribution in [2.24, 2.45) is 51.5 Å². The monoisotopic (exact) mass is 809 g/mol. The van der Waals surface area contributed by atoms with Gasteiger partial charge in [-0.05, 0) is 132 Å². The maximum absolute atomic E-state index is 13.7. The van der Waals surface area contributed by atoms with Crippen molar-refractivity contribution >= 4 is 40.2 Å². The second-order valence-corrected chi connectivity index (χ2v) is 17.6. The number of ether oxygens (including phenoxy) is 2. The number of carboxylic acid groups (broad SMARTS) is 1. The number of nitro benzene ring substituents is 1. The van der Waals surface area contributed by atoms with Crippen molar-refractivity contribution in [1.29, 1.82) is 0 Å². The van der Waals surface area contributed by atoms with Crippen LogP contribution in [-0.4, -0.2) is 89.7 Å². The van der Waals surface area contributed by atoms with Gasteiger partial charge in [-0.1, -0.05) is 25.9 Å². The SMILES string of the molecule is CC(CCC(=O)NCCOCCOCCN=[N+]=[N-])C1CCC2C3CC[C@@H]4C[C@H](NC(=O)C(CC(=O)O)Nc5ccc([N+](=O)[O-])c6nonc56)CC[C@]4(C)C3CC[C@]12C. The number of carbonyl (C=O) groups is 3. The Hall–Kier alpha value is -4.54. The first-order valence-electron chi connectivity index (χ1n) is 21.0. The Morgan fingerprint density at radius 2 is 1.78 bits per heavy atom. The molecule has 10 atom stereocenters. The summed E-state index contributed by atoms with van der Waals surface area (Å²) >= 11 is 0. The number of non-ortho nitro benzene ring substituents is 1. The van der Waals surface area contributed by atoms with Gasteiger partial charge < -0.3 is 30.5 Å². The van der Waals surface area contributed by atoms with Crippen LogP contribution < -0.4 is 16.0 Å². The maximum atomic E-state index is 13.7. The van der Waals surface area contributed by atoms with Gasteiger partial charge >= 0.3 is 11.7 Å². The Kier molecular flexibility index (Phi) is 14.1. The Morgan fingerprint density at radius 1 is 1.03 bits per heavy atom. The molecule has 4 aliphatic rings. The Balaban J connectivity index is 0.977. The van der Waals surface area contributed by atoms with Crippen LogP contribution in [-0.2, 0) is 23.9 Å². The van der Waals surface area contributed by atoms with Gasteiger partial charge in [0, 0.05) is 36.5 Å². The van der Waals surface area contributed by atoms with Crippen LogP contribution in [0.3, 0.4) is 0 Å². The molecule has 6 unspecified atom stereocenters. The van der Waals surface area contributed by atoms with Gasteiger partial charge in [0.15, 0.2) is 5.52 Å². The van der Waals surface area contributed by atoms with Crippen LogP contribution in [0.1, 0.15) is 97.8 Å². The van der Waals surface area contributed by atoms with E-state index in [9.17, 15) is 29.6 Å². The molecular formula is C40H59N9O9. The molecule has 4 N–H and O–H groups in total. The van der Waals surface area contributed by atoms with Crippen LogP contribution in [0.25, 0.3) is 21.5 Å². The number of hydrogen-bond donors (Lipinski definition) is 4. The number of fused-ring (bicyclic) bond motifs is 6. The van der Waals surface area contributed by atoms with Gasteiger partial charge in [0.1, 0.15) is 6.04 Å². The summed E-state index contributed by atoms with van der Waals surface area (Å²) in [7, 11) is 0. The molecule has 2 amide bonds. The van der Waals surface area contributed by atoms with E-state index >= 15 is 0 Å². The van der Waals surface area contributed by atoms with Crippen molar-refractivity contribution < 1.29 is 38.5 Å². The smallest absolute Gasteiger partial charge is 0.305 e. The molecule has 0 spiro atoms. The lowest BCUT2D eigenvalue weighted by Crippen LogP contribution is -2.56. The van der Waals surface area contributed by atoms with Crippen LogP contribution in [0.5, 0.6) is 0 Å². The summed E-state index contributed by atoms with van der Waals surface area (Å²) in [5.74, 6) is 1.98. The molecule has 6 rings (SSSR count). The van der Waals surface area contributed by atoms with E-state index in [1.54, 1.807) is 0 Å². The molecule has 4 fully saturated rings. The van der Waals surface area contributed by atoms with Crippen molar-refractivity contribution in [3.8, 4) is 0 Å². The summed E-state index contributed by atoms with van der Waals surface area (Å²) < 4.78 is 15.6. The predicted octanol–water partition coefficient (Wildman–Crippen LogP) is 6.41. The zero-order chi connectivity index (χ0) is 41.5. The number of aromatic nitrogens is 2. The van der Waals surface area contributed by atoms with Crippen molar-refractivity contribution in [3.05, 3.63) is 32.7 Å². The van der Waals surface area contributed by atoms with E-state index in [1.165, 1.54) is 44.2 Å². The van der Waals surface area contributed by atoms with Crippen LogP contribution in [0, 0.1) is 56.5 Å². The lowest BCUT2D eigenvalue weighted by molar-refractivity contribution is -0.383. The number of rotatable bonds is 20.